The minimum atomic E-state index is -1.59. The van der Waals surface area contributed by atoms with E-state index in [-0.39, 0.29) is 17.3 Å². The van der Waals surface area contributed by atoms with Crippen LogP contribution < -0.4 is 4.90 Å². The molecule has 4 aromatic carbocycles. The first-order valence-corrected chi connectivity index (χ1v) is 14.4. The highest BCUT2D eigenvalue weighted by atomic mass is 19.1. The summed E-state index contributed by atoms with van der Waals surface area (Å²) in [6, 6.07) is 26.6. The Labute approximate surface area is 244 Å². The Morgan fingerprint density at radius 1 is 0.833 bits per heavy atom. The number of hydrogen-bond acceptors (Lipinski definition) is 4. The summed E-state index contributed by atoms with van der Waals surface area (Å²) < 4.78 is 14.2. The smallest absolute Gasteiger partial charge is 0.185 e. The number of halogens is 1. The Morgan fingerprint density at radius 3 is 2.10 bits per heavy atom. The fraction of sp³-hybridized carbons (Fsp3) is 0.216. The van der Waals surface area contributed by atoms with Crippen LogP contribution in [-0.4, -0.2) is 29.4 Å². The standard InChI is InChI=1S/C37H30FNO3/c1-22(2)21-23-11-13-26(14-12-23)34(40)33-32(25-15-18-27(38)19-16-25)37(35(41)28-8-4-5-9-29(28)36(37)42)31-20-17-24-7-3-6-10-30(24)39(31)33/h3-20,22,31-33H,21H2,1-2H3/t31-,32-,33+/m0/s1. The van der Waals surface area contributed by atoms with Crippen molar-refractivity contribution in [2.24, 2.45) is 11.3 Å². The zero-order valence-electron chi connectivity index (χ0n) is 23.5. The Morgan fingerprint density at radius 2 is 1.45 bits per heavy atom. The van der Waals surface area contributed by atoms with Gasteiger partial charge in [-0.2, -0.15) is 0 Å². The van der Waals surface area contributed by atoms with Crippen molar-refractivity contribution in [1.82, 2.24) is 0 Å². The molecule has 2 aliphatic heterocycles. The molecule has 0 amide bonds. The molecular weight excluding hydrogens is 525 g/mol. The van der Waals surface area contributed by atoms with Gasteiger partial charge in [0.1, 0.15) is 17.3 Å². The molecule has 42 heavy (non-hydrogen) atoms. The van der Waals surface area contributed by atoms with Crippen molar-refractivity contribution >= 4 is 29.1 Å². The van der Waals surface area contributed by atoms with Crippen molar-refractivity contribution in [3.63, 3.8) is 0 Å². The monoisotopic (exact) mass is 555 g/mol. The lowest BCUT2D eigenvalue weighted by molar-refractivity contribution is 0.0666. The highest BCUT2D eigenvalue weighted by Crippen LogP contribution is 2.60. The van der Waals surface area contributed by atoms with Gasteiger partial charge in [0.2, 0.25) is 0 Å². The maximum absolute atomic E-state index is 14.8. The zero-order chi connectivity index (χ0) is 29.2. The molecule has 3 aliphatic rings. The molecule has 3 atom stereocenters. The van der Waals surface area contributed by atoms with Crippen LogP contribution in [0.15, 0.2) is 103 Å². The van der Waals surface area contributed by atoms with Gasteiger partial charge in [-0.1, -0.05) is 105 Å². The minimum absolute atomic E-state index is 0.177. The predicted molar refractivity (Wildman–Crippen MR) is 162 cm³/mol. The lowest BCUT2D eigenvalue weighted by Crippen LogP contribution is -2.48. The average molecular weight is 556 g/mol. The molecule has 1 fully saturated rings. The molecule has 0 unspecified atom stereocenters. The van der Waals surface area contributed by atoms with Gasteiger partial charge in [0.15, 0.2) is 17.3 Å². The normalized spacial score (nSPS) is 21.5. The van der Waals surface area contributed by atoms with Crippen LogP contribution in [0, 0.1) is 17.2 Å². The van der Waals surface area contributed by atoms with Crippen molar-refractivity contribution in [2.75, 3.05) is 4.90 Å². The number of carbonyl (C=O) groups excluding carboxylic acids is 3. The van der Waals surface area contributed by atoms with E-state index in [1.54, 1.807) is 36.4 Å². The van der Waals surface area contributed by atoms with Crippen LogP contribution in [0.2, 0.25) is 0 Å². The van der Waals surface area contributed by atoms with Gasteiger partial charge in [0, 0.05) is 28.3 Å². The molecule has 1 saturated heterocycles. The lowest BCUT2D eigenvalue weighted by atomic mass is 9.64. The number of ketones is 3. The SMILES string of the molecule is CC(C)Cc1ccc(C(=O)[C@H]2[C@H](c3ccc(F)cc3)C3(C(=O)c4ccccc4C3=O)[C@@H]3C=Cc4ccccc4N32)cc1. The summed E-state index contributed by atoms with van der Waals surface area (Å²) in [6.45, 7) is 4.30. The Hall–Kier alpha value is -4.64. The van der Waals surface area contributed by atoms with Crippen molar-refractivity contribution in [3.05, 3.63) is 142 Å². The molecule has 0 N–H and O–H groups in total. The van der Waals surface area contributed by atoms with E-state index in [4.69, 9.17) is 0 Å². The van der Waals surface area contributed by atoms with E-state index in [0.29, 0.717) is 28.2 Å². The van der Waals surface area contributed by atoms with Crippen LogP contribution >= 0.6 is 0 Å². The second kappa shape index (κ2) is 9.73. The van der Waals surface area contributed by atoms with Crippen molar-refractivity contribution in [3.8, 4) is 0 Å². The molecule has 1 aliphatic carbocycles. The number of nitrogens with zero attached hydrogens (tertiary/aromatic N) is 1. The summed E-state index contributed by atoms with van der Waals surface area (Å²) in [6.07, 6.45) is 4.74. The highest BCUT2D eigenvalue weighted by molar-refractivity contribution is 6.32. The van der Waals surface area contributed by atoms with Crippen molar-refractivity contribution in [1.29, 1.82) is 0 Å². The maximum Gasteiger partial charge on any atom is 0.185 e. The molecule has 0 bridgehead atoms. The van der Waals surface area contributed by atoms with Gasteiger partial charge in [-0.15, -0.1) is 0 Å². The van der Waals surface area contributed by atoms with Gasteiger partial charge in [0.05, 0.1) is 6.04 Å². The van der Waals surface area contributed by atoms with E-state index in [0.717, 1.165) is 23.2 Å². The molecule has 0 radical (unpaired) electrons. The fourth-order valence-electron chi connectivity index (χ4n) is 7.41. The molecule has 1 spiro atoms. The summed E-state index contributed by atoms with van der Waals surface area (Å²) in [5, 5.41) is 0. The van der Waals surface area contributed by atoms with Crippen molar-refractivity contribution in [2.45, 2.75) is 38.3 Å². The lowest BCUT2D eigenvalue weighted by Gasteiger charge is -2.37. The molecule has 208 valence electrons. The first-order valence-electron chi connectivity index (χ1n) is 14.4. The number of Topliss-reactive ketones (excluding diaryl/α,β-unsaturated/α-hetero) is 3. The number of carbonyl (C=O) groups is 3. The number of fused-ring (bicyclic) bond motifs is 5. The second-order valence-corrected chi connectivity index (χ2v) is 12.0. The average Bonchev–Trinajstić information content (AvgIpc) is 3.43. The molecule has 7 rings (SSSR count). The number of rotatable bonds is 5. The molecule has 2 heterocycles. The van der Waals surface area contributed by atoms with Crippen LogP contribution in [0.25, 0.3) is 6.08 Å². The predicted octanol–water partition coefficient (Wildman–Crippen LogP) is 7.34. The molecule has 4 nitrogen and oxygen atoms in total. The van der Waals surface area contributed by atoms with E-state index in [9.17, 15) is 18.8 Å². The fourth-order valence-corrected chi connectivity index (χ4v) is 7.41. The quantitative estimate of drug-likeness (QED) is 0.191. The third kappa shape index (κ3) is 3.69. The van der Waals surface area contributed by atoms with Gasteiger partial charge in [-0.25, -0.2) is 4.39 Å². The summed E-state index contributed by atoms with van der Waals surface area (Å²) in [5.74, 6) is -1.57. The van der Waals surface area contributed by atoms with Gasteiger partial charge in [-0.05, 0) is 47.2 Å². The van der Waals surface area contributed by atoms with E-state index in [1.165, 1.54) is 12.1 Å². The van der Waals surface area contributed by atoms with Gasteiger partial charge >= 0.3 is 0 Å². The first-order chi connectivity index (χ1) is 20.3. The summed E-state index contributed by atoms with van der Waals surface area (Å²) >= 11 is 0. The molecule has 5 heteroatoms. The van der Waals surface area contributed by atoms with Crippen LogP contribution in [0.4, 0.5) is 10.1 Å². The molecule has 0 aromatic heterocycles. The van der Waals surface area contributed by atoms with Crippen LogP contribution in [0.3, 0.4) is 0 Å². The maximum atomic E-state index is 14.8. The third-order valence-corrected chi connectivity index (χ3v) is 9.09. The minimum Gasteiger partial charge on any atom is -0.352 e. The zero-order valence-corrected chi connectivity index (χ0v) is 23.5. The summed E-state index contributed by atoms with van der Waals surface area (Å²) in [4.78, 5) is 46.0. The molecule has 4 aromatic rings. The number of benzene rings is 4. The van der Waals surface area contributed by atoms with E-state index >= 15 is 0 Å². The number of hydrogen-bond donors (Lipinski definition) is 0. The van der Waals surface area contributed by atoms with Gasteiger partial charge in [-0.3, -0.25) is 14.4 Å². The first kappa shape index (κ1) is 26.3. The summed E-state index contributed by atoms with van der Waals surface area (Å²) in [5.41, 5.74) is 3.08. The van der Waals surface area contributed by atoms with Gasteiger partial charge < -0.3 is 4.90 Å². The number of anilines is 1. The Balaban J connectivity index is 1.48. The van der Waals surface area contributed by atoms with E-state index in [2.05, 4.69) is 13.8 Å². The molecule has 0 saturated carbocycles. The van der Waals surface area contributed by atoms with E-state index < -0.39 is 29.2 Å². The third-order valence-electron chi connectivity index (χ3n) is 9.09. The van der Waals surface area contributed by atoms with E-state index in [1.807, 2.05) is 65.6 Å². The number of para-hydroxylation sites is 1. The second-order valence-electron chi connectivity index (χ2n) is 12.0. The van der Waals surface area contributed by atoms with Crippen LogP contribution in [0.5, 0.6) is 0 Å². The Bertz CT molecular complexity index is 1730. The van der Waals surface area contributed by atoms with Crippen molar-refractivity contribution < 1.29 is 18.8 Å². The van der Waals surface area contributed by atoms with Crippen LogP contribution in [-0.2, 0) is 6.42 Å². The van der Waals surface area contributed by atoms with Crippen LogP contribution in [0.1, 0.15) is 67.5 Å². The highest BCUT2D eigenvalue weighted by Gasteiger charge is 2.71. The molecular formula is C37H30FNO3. The summed E-state index contributed by atoms with van der Waals surface area (Å²) in [7, 11) is 0. The largest absolute Gasteiger partial charge is 0.352 e. The topological polar surface area (TPSA) is 54.5 Å². The Kier molecular flexibility index (Phi) is 6.09. The van der Waals surface area contributed by atoms with Gasteiger partial charge in [0.25, 0.3) is 0 Å².